The highest BCUT2D eigenvalue weighted by atomic mass is 79.9. The van der Waals surface area contributed by atoms with E-state index < -0.39 is 0 Å². The van der Waals surface area contributed by atoms with Gasteiger partial charge in [0.1, 0.15) is 10.7 Å². The van der Waals surface area contributed by atoms with Crippen LogP contribution in [0, 0.1) is 11.3 Å². The van der Waals surface area contributed by atoms with Crippen LogP contribution in [0.4, 0.5) is 10.8 Å². The van der Waals surface area contributed by atoms with Gasteiger partial charge >= 0.3 is 0 Å². The van der Waals surface area contributed by atoms with Gasteiger partial charge in [-0.3, -0.25) is 0 Å². The van der Waals surface area contributed by atoms with Gasteiger partial charge in [0.15, 0.2) is 5.13 Å². The van der Waals surface area contributed by atoms with E-state index in [1.165, 1.54) is 11.3 Å². The number of rotatable bonds is 2. The molecule has 0 fully saturated rings. The molecular weight excluding hydrogens is 354 g/mol. The third kappa shape index (κ3) is 2.61. The van der Waals surface area contributed by atoms with Crippen LogP contribution >= 0.6 is 43.2 Å². The Morgan fingerprint density at radius 2 is 2.19 bits per heavy atom. The predicted octanol–water partition coefficient (Wildman–Crippen LogP) is 4.28. The van der Waals surface area contributed by atoms with Gasteiger partial charge in [0.05, 0.1) is 11.3 Å². The summed E-state index contributed by atoms with van der Waals surface area (Å²) >= 11 is 8.12. The number of benzene rings is 1. The van der Waals surface area contributed by atoms with E-state index in [-0.39, 0.29) is 0 Å². The molecule has 1 aromatic heterocycles. The second-order valence-electron chi connectivity index (χ2n) is 2.90. The van der Waals surface area contributed by atoms with Crippen molar-refractivity contribution in [3.05, 3.63) is 38.2 Å². The number of thiazole rings is 1. The third-order valence-electron chi connectivity index (χ3n) is 1.82. The number of hydrogen-bond acceptors (Lipinski definition) is 4. The first-order valence-corrected chi connectivity index (χ1v) is 6.73. The van der Waals surface area contributed by atoms with Crippen LogP contribution in [-0.2, 0) is 0 Å². The molecule has 80 valence electrons. The largest absolute Gasteiger partial charge is 0.330 e. The summed E-state index contributed by atoms with van der Waals surface area (Å²) in [4.78, 5) is 4.21. The van der Waals surface area contributed by atoms with Crippen molar-refractivity contribution in [3.8, 4) is 6.07 Å². The first-order valence-electron chi connectivity index (χ1n) is 4.27. The predicted molar refractivity (Wildman–Crippen MR) is 72.0 cm³/mol. The lowest BCUT2D eigenvalue weighted by atomic mass is 10.2. The smallest absolute Gasteiger partial charge is 0.188 e. The molecule has 0 aliphatic carbocycles. The van der Waals surface area contributed by atoms with Gasteiger partial charge in [0, 0.05) is 9.85 Å². The zero-order valence-electron chi connectivity index (χ0n) is 7.87. The molecule has 0 unspecified atom stereocenters. The lowest BCUT2D eigenvalue weighted by Gasteiger charge is -2.04. The van der Waals surface area contributed by atoms with E-state index in [2.05, 4.69) is 48.2 Å². The van der Waals surface area contributed by atoms with Crippen LogP contribution in [0.15, 0.2) is 32.7 Å². The van der Waals surface area contributed by atoms with Crippen LogP contribution in [0.5, 0.6) is 0 Å². The third-order valence-corrected chi connectivity index (χ3v) is 3.78. The monoisotopic (exact) mass is 357 g/mol. The minimum absolute atomic E-state index is 0.592. The molecule has 0 bridgehead atoms. The van der Waals surface area contributed by atoms with E-state index in [0.717, 1.165) is 19.9 Å². The lowest BCUT2D eigenvalue weighted by molar-refractivity contribution is 1.34. The number of hydrogen-bond donors (Lipinski definition) is 1. The van der Waals surface area contributed by atoms with E-state index in [1.54, 1.807) is 6.07 Å². The standard InChI is InChI=1S/C10H5Br2N3S/c11-7-2-1-6(4-13)8(3-7)14-10-15-9(12)5-16-10/h1-3,5H,(H,14,15). The first kappa shape index (κ1) is 11.6. The van der Waals surface area contributed by atoms with Gasteiger partial charge in [0.25, 0.3) is 0 Å². The molecular formula is C10H5Br2N3S. The van der Waals surface area contributed by atoms with Gasteiger partial charge in [0.2, 0.25) is 0 Å². The van der Waals surface area contributed by atoms with E-state index in [1.807, 2.05) is 17.5 Å². The average Bonchev–Trinajstić information content (AvgIpc) is 2.64. The zero-order valence-corrected chi connectivity index (χ0v) is 11.9. The molecule has 0 atom stereocenters. The van der Waals surface area contributed by atoms with Crippen LogP contribution in [-0.4, -0.2) is 4.98 Å². The van der Waals surface area contributed by atoms with Gasteiger partial charge < -0.3 is 5.32 Å². The van der Waals surface area contributed by atoms with Gasteiger partial charge in [-0.2, -0.15) is 5.26 Å². The highest BCUT2D eigenvalue weighted by molar-refractivity contribution is 9.10. The molecule has 6 heteroatoms. The Balaban J connectivity index is 2.34. The fraction of sp³-hybridized carbons (Fsp3) is 0. The number of halogens is 2. The molecule has 0 spiro atoms. The van der Waals surface area contributed by atoms with Crippen molar-refractivity contribution in [1.82, 2.24) is 4.98 Å². The topological polar surface area (TPSA) is 48.7 Å². The first-order chi connectivity index (χ1) is 7.69. The van der Waals surface area contributed by atoms with E-state index in [4.69, 9.17) is 5.26 Å². The summed E-state index contributed by atoms with van der Waals surface area (Å²) in [5.41, 5.74) is 1.34. The molecule has 0 saturated carbocycles. The molecule has 2 aromatic rings. The minimum Gasteiger partial charge on any atom is -0.330 e. The van der Waals surface area contributed by atoms with Crippen molar-refractivity contribution in [1.29, 1.82) is 5.26 Å². The number of aromatic nitrogens is 1. The number of nitrogens with zero attached hydrogens (tertiary/aromatic N) is 2. The molecule has 0 saturated heterocycles. The van der Waals surface area contributed by atoms with Crippen molar-refractivity contribution >= 4 is 54.0 Å². The molecule has 0 amide bonds. The molecule has 1 heterocycles. The molecule has 0 aliphatic rings. The number of nitrogens with one attached hydrogen (secondary N) is 1. The summed E-state index contributed by atoms with van der Waals surface area (Å²) in [5.74, 6) is 0. The highest BCUT2D eigenvalue weighted by Crippen LogP contribution is 2.27. The SMILES string of the molecule is N#Cc1ccc(Br)cc1Nc1nc(Br)cs1. The molecule has 3 nitrogen and oxygen atoms in total. The van der Waals surface area contributed by atoms with E-state index >= 15 is 0 Å². The van der Waals surface area contributed by atoms with E-state index in [9.17, 15) is 0 Å². The average molecular weight is 359 g/mol. The number of nitriles is 1. The Morgan fingerprint density at radius 3 is 2.81 bits per heavy atom. The summed E-state index contributed by atoms with van der Waals surface area (Å²) in [6.45, 7) is 0. The minimum atomic E-state index is 0.592. The number of anilines is 2. The van der Waals surface area contributed by atoms with Gasteiger partial charge in [-0.15, -0.1) is 11.3 Å². The van der Waals surface area contributed by atoms with Crippen LogP contribution in [0.2, 0.25) is 0 Å². The Bertz CT molecular complexity index is 559. The second kappa shape index (κ2) is 4.95. The van der Waals surface area contributed by atoms with Crippen LogP contribution in [0.3, 0.4) is 0 Å². The quantitative estimate of drug-likeness (QED) is 0.871. The summed E-state index contributed by atoms with van der Waals surface area (Å²) in [6.07, 6.45) is 0. The Kier molecular flexibility index (Phi) is 3.59. The molecule has 1 N–H and O–H groups in total. The molecule has 16 heavy (non-hydrogen) atoms. The normalized spacial score (nSPS) is 9.81. The van der Waals surface area contributed by atoms with Crippen LogP contribution in [0.25, 0.3) is 0 Å². The van der Waals surface area contributed by atoms with Crippen molar-refractivity contribution in [3.63, 3.8) is 0 Å². The van der Waals surface area contributed by atoms with Crippen molar-refractivity contribution in [2.75, 3.05) is 5.32 Å². The van der Waals surface area contributed by atoms with Crippen molar-refractivity contribution < 1.29 is 0 Å². The summed E-state index contributed by atoms with van der Waals surface area (Å²) < 4.78 is 1.71. The van der Waals surface area contributed by atoms with Crippen molar-refractivity contribution in [2.45, 2.75) is 0 Å². The highest BCUT2D eigenvalue weighted by Gasteiger charge is 2.05. The fourth-order valence-corrected chi connectivity index (χ4v) is 2.66. The summed E-state index contributed by atoms with van der Waals surface area (Å²) in [7, 11) is 0. The van der Waals surface area contributed by atoms with Gasteiger partial charge in [-0.1, -0.05) is 15.9 Å². The summed E-state index contributed by atoms with van der Waals surface area (Å²) in [5, 5.41) is 14.7. The Morgan fingerprint density at radius 1 is 1.38 bits per heavy atom. The summed E-state index contributed by atoms with van der Waals surface area (Å²) in [6, 6.07) is 7.58. The lowest BCUT2D eigenvalue weighted by Crippen LogP contribution is -1.92. The van der Waals surface area contributed by atoms with Gasteiger partial charge in [-0.05, 0) is 34.1 Å². The maximum absolute atomic E-state index is 8.96. The molecule has 0 aliphatic heterocycles. The molecule has 2 rings (SSSR count). The molecule has 0 radical (unpaired) electrons. The van der Waals surface area contributed by atoms with E-state index in [0.29, 0.717) is 5.56 Å². The van der Waals surface area contributed by atoms with Crippen molar-refractivity contribution in [2.24, 2.45) is 0 Å². The molecule has 1 aromatic carbocycles. The van der Waals surface area contributed by atoms with Crippen LogP contribution < -0.4 is 5.32 Å². The maximum atomic E-state index is 8.96. The Hall–Kier alpha value is -0.900. The van der Waals surface area contributed by atoms with Crippen LogP contribution in [0.1, 0.15) is 5.56 Å². The maximum Gasteiger partial charge on any atom is 0.188 e. The second-order valence-corrected chi connectivity index (χ2v) is 5.49. The Labute approximate surface area is 113 Å². The fourth-order valence-electron chi connectivity index (χ4n) is 1.14. The van der Waals surface area contributed by atoms with Gasteiger partial charge in [-0.25, -0.2) is 4.98 Å². The zero-order chi connectivity index (χ0) is 11.5.